The summed E-state index contributed by atoms with van der Waals surface area (Å²) >= 11 is 0. The molecule has 496 valence electrons. The zero-order valence-electron chi connectivity index (χ0n) is 57.3. The Hall–Kier alpha value is -3.81. The highest BCUT2D eigenvalue weighted by Gasteiger charge is 2.15. The van der Waals surface area contributed by atoms with E-state index in [0.29, 0.717) is 0 Å². The number of hydrogen-bond donors (Lipinski definition) is 14. The number of nitrogens with one attached hydrogen (secondary N) is 14. The van der Waals surface area contributed by atoms with Crippen LogP contribution in [0.4, 0.5) is 5.69 Å². The van der Waals surface area contributed by atoms with Gasteiger partial charge in [-0.05, 0) is 281 Å². The van der Waals surface area contributed by atoms with Crippen LogP contribution in [-0.2, 0) is 40.0 Å². The van der Waals surface area contributed by atoms with E-state index in [4.69, 9.17) is 0 Å². The average Bonchev–Trinajstić information content (AvgIpc) is 3.46. The molecule has 0 aliphatic carbocycles. The van der Waals surface area contributed by atoms with Crippen LogP contribution in [0.15, 0.2) is 24.3 Å². The number of anilines is 1. The van der Waals surface area contributed by atoms with Crippen molar-refractivity contribution in [3.05, 3.63) is 29.8 Å². The van der Waals surface area contributed by atoms with Crippen molar-refractivity contribution >= 4 is 46.2 Å². The van der Waals surface area contributed by atoms with E-state index in [1.807, 2.05) is 123 Å². The van der Waals surface area contributed by atoms with E-state index in [9.17, 15) is 33.6 Å². The molecular weight excluding hydrogens is 1060 g/mol. The number of Topliss-reactive ketones (excluding diaryl/α,β-unsaturated/α-hetero) is 7. The van der Waals surface area contributed by atoms with Gasteiger partial charge in [0.1, 0.15) is 40.5 Å². The van der Waals surface area contributed by atoms with Crippen LogP contribution < -0.4 is 74.4 Å². The van der Waals surface area contributed by atoms with Crippen molar-refractivity contribution in [1.29, 1.82) is 0 Å². The van der Waals surface area contributed by atoms with E-state index < -0.39 is 0 Å². The van der Waals surface area contributed by atoms with Crippen molar-refractivity contribution in [1.82, 2.24) is 69.1 Å². The minimum Gasteiger partial charge on any atom is -0.388 e. The molecule has 0 radical (unpaired) electrons. The monoisotopic (exact) mass is 1200 g/mol. The zero-order valence-corrected chi connectivity index (χ0v) is 57.3. The van der Waals surface area contributed by atoms with Gasteiger partial charge >= 0.3 is 0 Å². The molecule has 0 aliphatic heterocycles. The first-order valence-electron chi connectivity index (χ1n) is 30.9. The predicted molar refractivity (Wildman–Crippen MR) is 357 cm³/mol. The summed E-state index contributed by atoms with van der Waals surface area (Å²) in [5.74, 6) is 1.57. The number of likely N-dealkylation sites (N-methyl/N-ethyl adjacent to an activating group) is 7. The van der Waals surface area contributed by atoms with Crippen LogP contribution in [0.25, 0.3) is 0 Å². The Balaban J connectivity index is -0.000000212. The molecule has 21 heteroatoms. The molecule has 0 saturated carbocycles. The lowest BCUT2D eigenvalue weighted by molar-refractivity contribution is -0.119. The van der Waals surface area contributed by atoms with Crippen LogP contribution >= 0.6 is 0 Å². The van der Waals surface area contributed by atoms with Gasteiger partial charge in [0, 0.05) is 12.7 Å². The summed E-state index contributed by atoms with van der Waals surface area (Å²) in [7, 11) is 26.3. The van der Waals surface area contributed by atoms with Gasteiger partial charge in [-0.2, -0.15) is 0 Å². The molecule has 0 bridgehead atoms. The predicted octanol–water partition coefficient (Wildman–Crippen LogP) is 3.60. The molecule has 14 N–H and O–H groups in total. The fourth-order valence-electron chi connectivity index (χ4n) is 8.20. The Kier molecular flexibility index (Phi) is 74.3. The number of carbonyl (C=O) groups excluding carboxylic acids is 7. The number of carbonyl (C=O) groups is 7. The third-order valence-corrected chi connectivity index (χ3v) is 13.8. The Labute approximate surface area is 513 Å². The molecule has 0 spiro atoms. The maximum Gasteiger partial charge on any atom is 0.147 e. The Morgan fingerprint density at radius 3 is 0.631 bits per heavy atom. The third kappa shape index (κ3) is 61.3. The number of unbranched alkanes of at least 4 members (excludes halogenated alkanes) is 3. The van der Waals surface area contributed by atoms with Crippen molar-refractivity contribution in [3.8, 4) is 0 Å². The summed E-state index contributed by atoms with van der Waals surface area (Å²) in [6, 6.07) is 8.34. The highest BCUT2D eigenvalue weighted by Crippen LogP contribution is 2.11. The first kappa shape index (κ1) is 91.4. The molecule has 0 fully saturated rings. The first-order chi connectivity index (χ1) is 40.0. The molecule has 21 nitrogen and oxygen atoms in total. The fourth-order valence-corrected chi connectivity index (χ4v) is 8.20. The van der Waals surface area contributed by atoms with E-state index in [0.717, 1.165) is 148 Å². The highest BCUT2D eigenvalue weighted by atomic mass is 16.2. The molecule has 0 unspecified atom stereocenters. The number of benzene rings is 1. The standard InChI is InChI=1S/C12H18N2O.3C9H20N2O.3C8H18N2O/c1-9(15)12(14-3)8-10-4-6-11(13-2)7-5-10;3*1-8(12)9(11-3)6-4-5-7-10-2;3*1-7(11)8(10-3)5-4-6-9-2/h4-7,12-14H,8H2,1-3H3;3*9-11H,4-7H2,1-3H3;3*8-10H,4-6H2,1-3H3/t12-;3*9-;3*8-/m1111111/s1. The highest BCUT2D eigenvalue weighted by molar-refractivity contribution is 5.83. The minimum atomic E-state index is -0.0783. The summed E-state index contributed by atoms with van der Waals surface area (Å²) in [5, 5.41) is 42.4. The van der Waals surface area contributed by atoms with Crippen molar-refractivity contribution < 1.29 is 33.6 Å². The van der Waals surface area contributed by atoms with Crippen LogP contribution in [0, 0.1) is 0 Å². The van der Waals surface area contributed by atoms with Crippen molar-refractivity contribution in [2.24, 2.45) is 0 Å². The van der Waals surface area contributed by atoms with Crippen LogP contribution in [0.5, 0.6) is 0 Å². The summed E-state index contributed by atoms with van der Waals surface area (Å²) in [6.07, 6.45) is 16.2. The molecule has 1 aromatic carbocycles. The fraction of sp³-hybridized carbons (Fsp3) is 0.794. The van der Waals surface area contributed by atoms with Gasteiger partial charge in [0.15, 0.2) is 0 Å². The van der Waals surface area contributed by atoms with Crippen molar-refractivity contribution in [3.63, 3.8) is 0 Å². The molecule has 0 aromatic heterocycles. The molecule has 0 heterocycles. The van der Waals surface area contributed by atoms with Gasteiger partial charge in [0.2, 0.25) is 0 Å². The Bertz CT molecular complexity index is 1560. The van der Waals surface area contributed by atoms with Gasteiger partial charge in [-0.3, -0.25) is 33.6 Å². The second kappa shape index (κ2) is 68.3. The van der Waals surface area contributed by atoms with Crippen LogP contribution in [0.1, 0.15) is 150 Å². The molecule has 7 atom stereocenters. The van der Waals surface area contributed by atoms with Crippen molar-refractivity contribution in [2.45, 2.75) is 193 Å². The van der Waals surface area contributed by atoms with Crippen LogP contribution in [0.3, 0.4) is 0 Å². The number of rotatable bonds is 44. The normalized spacial score (nSPS) is 12.8. The molecule has 84 heavy (non-hydrogen) atoms. The average molecular weight is 1200 g/mol. The topological polar surface area (TPSA) is 288 Å². The van der Waals surface area contributed by atoms with Gasteiger partial charge in [-0.25, -0.2) is 0 Å². The van der Waals surface area contributed by atoms with E-state index in [2.05, 4.69) is 74.4 Å². The van der Waals surface area contributed by atoms with Crippen molar-refractivity contribution in [2.75, 3.05) is 143 Å². The summed E-state index contributed by atoms with van der Waals surface area (Å²) < 4.78 is 0. The minimum absolute atomic E-state index is 0.0448. The quantitative estimate of drug-likeness (QED) is 0.0416. The smallest absolute Gasteiger partial charge is 0.147 e. The lowest BCUT2D eigenvalue weighted by Gasteiger charge is -2.12. The maximum atomic E-state index is 11.2. The molecule has 0 saturated heterocycles. The Morgan fingerprint density at radius 1 is 0.274 bits per heavy atom. The molecule has 1 aromatic rings. The maximum absolute atomic E-state index is 11.2. The van der Waals surface area contributed by atoms with Crippen LogP contribution in [0.2, 0.25) is 0 Å². The largest absolute Gasteiger partial charge is 0.388 e. The molecule has 1 rings (SSSR count). The molecular formula is C63H132N14O7. The Morgan fingerprint density at radius 2 is 0.464 bits per heavy atom. The van der Waals surface area contributed by atoms with Gasteiger partial charge in [0.25, 0.3) is 0 Å². The second-order valence-corrected chi connectivity index (χ2v) is 20.8. The summed E-state index contributed by atoms with van der Waals surface area (Å²) in [5.41, 5.74) is 2.26. The summed E-state index contributed by atoms with van der Waals surface area (Å²) in [4.78, 5) is 76.8. The van der Waals surface area contributed by atoms with E-state index >= 15 is 0 Å². The van der Waals surface area contributed by atoms with Gasteiger partial charge in [-0.1, -0.05) is 31.4 Å². The van der Waals surface area contributed by atoms with E-state index in [-0.39, 0.29) is 82.8 Å². The van der Waals surface area contributed by atoms with E-state index in [1.54, 1.807) is 48.5 Å². The van der Waals surface area contributed by atoms with Crippen LogP contribution in [-0.4, -0.2) is 221 Å². The SMILES string of the molecule is CNCCCC[C@@H](NC)C(C)=O.CNCCCC[C@@H](NC)C(C)=O.CNCCCC[C@@H](NC)C(C)=O.CNCCC[C@@H](NC)C(C)=O.CNCCC[C@@H](NC)C(C)=O.CNCCC[C@@H](NC)C(C)=O.CNc1ccc(C[C@@H](NC)C(C)=O)cc1. The zero-order chi connectivity index (χ0) is 65.5. The lowest BCUT2D eigenvalue weighted by atomic mass is 10.0. The van der Waals surface area contributed by atoms with Gasteiger partial charge < -0.3 is 74.4 Å². The van der Waals surface area contributed by atoms with Gasteiger partial charge in [0.05, 0.1) is 42.3 Å². The van der Waals surface area contributed by atoms with Gasteiger partial charge in [-0.15, -0.1) is 0 Å². The summed E-state index contributed by atoms with van der Waals surface area (Å²) in [6.45, 7) is 17.4. The second-order valence-electron chi connectivity index (χ2n) is 20.8. The number of hydrogen-bond acceptors (Lipinski definition) is 21. The lowest BCUT2D eigenvalue weighted by Crippen LogP contribution is -2.34. The number of ketones is 7. The van der Waals surface area contributed by atoms with E-state index in [1.165, 1.54) is 5.56 Å². The first-order valence-corrected chi connectivity index (χ1v) is 30.9. The molecule has 0 aliphatic rings. The molecule has 0 amide bonds. The third-order valence-electron chi connectivity index (χ3n) is 13.8.